The number of nitrogens with zero attached hydrogens (tertiary/aromatic N) is 1. The van der Waals surface area contributed by atoms with Crippen LogP contribution in [0.5, 0.6) is 0 Å². The molecule has 0 amide bonds. The monoisotopic (exact) mass is 632 g/mol. The highest BCUT2D eigenvalue weighted by Crippen LogP contribution is 2.52. The van der Waals surface area contributed by atoms with Gasteiger partial charge in [0.25, 0.3) is 0 Å². The molecule has 1 heterocycles. The zero-order valence-corrected chi connectivity index (χ0v) is 24.8. The largest absolute Gasteiger partial charge is 0.476 e. The number of nitrogens with one attached hydrogen (secondary N) is 1. The van der Waals surface area contributed by atoms with Crippen molar-refractivity contribution in [1.29, 1.82) is 5.26 Å². The average molecular weight is 634 g/mol. The van der Waals surface area contributed by atoms with E-state index in [1.54, 1.807) is 42.5 Å². The van der Waals surface area contributed by atoms with Crippen LogP contribution in [0.4, 0.5) is 11.4 Å². The van der Waals surface area contributed by atoms with Gasteiger partial charge >= 0.3 is 0 Å². The van der Waals surface area contributed by atoms with Gasteiger partial charge in [-0.2, -0.15) is 5.26 Å². The molecule has 0 aliphatic carbocycles. The number of sulfone groups is 1. The minimum atomic E-state index is -3.97. The predicted octanol–water partition coefficient (Wildman–Crippen LogP) is 8.57. The van der Waals surface area contributed by atoms with Gasteiger partial charge in [0.1, 0.15) is 11.8 Å². The van der Waals surface area contributed by atoms with Gasteiger partial charge in [0.2, 0.25) is 9.84 Å². The molecule has 42 heavy (non-hydrogen) atoms. The van der Waals surface area contributed by atoms with E-state index < -0.39 is 15.4 Å². The fraction of sp³-hybridized carbons (Fsp3) is 0.0571. The van der Waals surface area contributed by atoms with Gasteiger partial charge in [0.05, 0.1) is 21.1 Å². The van der Waals surface area contributed by atoms with Gasteiger partial charge in [0, 0.05) is 33.3 Å². The van der Waals surface area contributed by atoms with Gasteiger partial charge < -0.3 is 10.1 Å². The molecule has 0 radical (unpaired) electrons. The maximum atomic E-state index is 14.4. The zero-order valence-electron chi connectivity index (χ0n) is 22.4. The highest BCUT2D eigenvalue weighted by atomic mass is 79.9. The molecule has 0 aromatic heterocycles. The van der Waals surface area contributed by atoms with E-state index in [1.165, 1.54) is 0 Å². The molecule has 0 fully saturated rings. The van der Waals surface area contributed by atoms with Crippen LogP contribution in [-0.2, 0) is 20.2 Å². The highest BCUT2D eigenvalue weighted by molar-refractivity contribution is 9.10. The summed E-state index contributed by atoms with van der Waals surface area (Å²) in [5.74, 6) is 0.334. The summed E-state index contributed by atoms with van der Waals surface area (Å²) in [4.78, 5) is 0.375. The Morgan fingerprint density at radius 1 is 0.738 bits per heavy atom. The van der Waals surface area contributed by atoms with Crippen molar-refractivity contribution >= 4 is 42.9 Å². The number of benzene rings is 5. The van der Waals surface area contributed by atoms with E-state index in [2.05, 4.69) is 27.3 Å². The minimum absolute atomic E-state index is 0.129. The number of para-hydroxylation sites is 1. The number of halogens is 1. The number of ether oxygens (including phenoxy) is 1. The quantitative estimate of drug-likeness (QED) is 0.194. The van der Waals surface area contributed by atoms with Crippen molar-refractivity contribution in [2.75, 3.05) is 5.32 Å². The van der Waals surface area contributed by atoms with Crippen molar-refractivity contribution in [1.82, 2.24) is 0 Å². The third kappa shape index (κ3) is 5.11. The van der Waals surface area contributed by atoms with E-state index in [-0.39, 0.29) is 16.2 Å². The van der Waals surface area contributed by atoms with Gasteiger partial charge in [-0.1, -0.05) is 101 Å². The van der Waals surface area contributed by atoms with Gasteiger partial charge in [-0.3, -0.25) is 0 Å². The molecule has 0 unspecified atom stereocenters. The summed E-state index contributed by atoms with van der Waals surface area (Å²) in [6.45, 7) is 0. The lowest BCUT2D eigenvalue weighted by atomic mass is 9.84. The summed E-state index contributed by atoms with van der Waals surface area (Å²) in [5.41, 5.74) is 3.20. The number of anilines is 2. The molecule has 5 aromatic carbocycles. The first-order valence-corrected chi connectivity index (χ1v) is 15.6. The molecule has 7 heteroatoms. The van der Waals surface area contributed by atoms with Crippen LogP contribution in [0.1, 0.15) is 28.7 Å². The summed E-state index contributed by atoms with van der Waals surface area (Å²) in [6.07, 6.45) is 0.129. The lowest BCUT2D eigenvalue weighted by Gasteiger charge is -2.31. The van der Waals surface area contributed by atoms with Crippen molar-refractivity contribution in [3.05, 3.63) is 165 Å². The summed E-state index contributed by atoms with van der Waals surface area (Å²) < 4.78 is 36.5. The second kappa shape index (κ2) is 11.3. The van der Waals surface area contributed by atoms with Gasteiger partial charge in [-0.05, 0) is 48.5 Å². The fourth-order valence-corrected chi connectivity index (χ4v) is 7.06. The zero-order chi connectivity index (χ0) is 29.2. The Morgan fingerprint density at radius 3 is 1.90 bits per heavy atom. The van der Waals surface area contributed by atoms with Gasteiger partial charge in [-0.25, -0.2) is 8.42 Å². The van der Waals surface area contributed by atoms with Crippen LogP contribution in [-0.4, -0.2) is 8.42 Å². The Morgan fingerprint density at radius 2 is 1.31 bits per heavy atom. The molecular formula is C35H25BrN2O3S. The number of rotatable bonds is 7. The lowest BCUT2D eigenvalue weighted by Crippen LogP contribution is -2.27. The molecule has 1 aliphatic heterocycles. The molecule has 1 aliphatic rings. The van der Waals surface area contributed by atoms with Crippen LogP contribution < -0.4 is 5.32 Å². The first-order valence-electron chi connectivity index (χ1n) is 13.3. The molecule has 0 saturated heterocycles. The minimum Gasteiger partial charge on any atom is -0.476 e. The average Bonchev–Trinajstić information content (AvgIpc) is 3.46. The molecule has 1 N–H and O–H groups in total. The summed E-state index contributed by atoms with van der Waals surface area (Å²) in [5, 5.41) is 12.6. The van der Waals surface area contributed by atoms with Crippen molar-refractivity contribution in [2.24, 2.45) is 0 Å². The van der Waals surface area contributed by atoms with Gasteiger partial charge in [-0.15, -0.1) is 0 Å². The summed E-state index contributed by atoms with van der Waals surface area (Å²) in [7, 11) is -3.97. The molecule has 0 atom stereocenters. The maximum Gasteiger partial charge on any atom is 0.206 e. The molecule has 6 rings (SSSR count). The molecule has 5 nitrogen and oxygen atoms in total. The second-order valence-corrected chi connectivity index (χ2v) is 12.8. The second-order valence-electron chi connectivity index (χ2n) is 9.91. The van der Waals surface area contributed by atoms with Crippen LogP contribution in [0.15, 0.2) is 148 Å². The van der Waals surface area contributed by atoms with Gasteiger partial charge in [0.15, 0.2) is 5.60 Å². The Bertz CT molecular complexity index is 1880. The van der Waals surface area contributed by atoms with E-state index in [0.717, 1.165) is 15.6 Å². The molecule has 0 spiro atoms. The molecule has 206 valence electrons. The predicted molar refractivity (Wildman–Crippen MR) is 168 cm³/mol. The van der Waals surface area contributed by atoms with E-state index in [4.69, 9.17) is 4.74 Å². The smallest absolute Gasteiger partial charge is 0.206 e. The SMILES string of the molecule is N#Cc1ccccc1Nc1ccc(S(=O)(=O)C2=C(c3ccc(Br)cc3)OC(c3ccccc3)(c3ccccc3)C2)cc1. The van der Waals surface area contributed by atoms with Crippen molar-refractivity contribution in [3.63, 3.8) is 0 Å². The Balaban J connectivity index is 1.44. The first-order chi connectivity index (χ1) is 20.4. The van der Waals surface area contributed by atoms with E-state index in [9.17, 15) is 13.7 Å². The maximum absolute atomic E-state index is 14.4. The number of nitriles is 1. The molecule has 0 saturated carbocycles. The normalized spacial score (nSPS) is 14.2. The van der Waals surface area contributed by atoms with Crippen molar-refractivity contribution in [2.45, 2.75) is 16.9 Å². The highest BCUT2D eigenvalue weighted by Gasteiger charge is 2.48. The van der Waals surface area contributed by atoms with Crippen LogP contribution >= 0.6 is 15.9 Å². The van der Waals surface area contributed by atoms with Crippen LogP contribution in [0.3, 0.4) is 0 Å². The van der Waals surface area contributed by atoms with Crippen LogP contribution in [0.2, 0.25) is 0 Å². The third-order valence-electron chi connectivity index (χ3n) is 7.34. The van der Waals surface area contributed by atoms with E-state index in [1.807, 2.05) is 91.0 Å². The molecule has 0 bridgehead atoms. The van der Waals surface area contributed by atoms with Crippen LogP contribution in [0.25, 0.3) is 5.76 Å². The Hall–Kier alpha value is -4.64. The molecule has 5 aromatic rings. The standard InChI is InChI=1S/C35H25BrN2O3S/c36-29-17-15-25(16-18-29)34-33(23-35(41-34,27-10-3-1-4-11-27)28-12-5-2-6-13-28)42(39,40)31-21-19-30(20-22-31)38-32-14-8-7-9-26(32)24-37/h1-22,38H,23H2. The number of hydrogen-bond acceptors (Lipinski definition) is 5. The first kappa shape index (κ1) is 27.5. The van der Waals surface area contributed by atoms with Crippen LogP contribution in [0, 0.1) is 11.3 Å². The van der Waals surface area contributed by atoms with Crippen molar-refractivity contribution in [3.8, 4) is 6.07 Å². The summed E-state index contributed by atoms with van der Waals surface area (Å²) >= 11 is 3.48. The molecular weight excluding hydrogens is 608 g/mol. The topological polar surface area (TPSA) is 79.2 Å². The Kier molecular flexibility index (Phi) is 7.42. The van der Waals surface area contributed by atoms with Crippen molar-refractivity contribution < 1.29 is 13.2 Å². The Labute approximate surface area is 253 Å². The fourth-order valence-electron chi connectivity index (χ4n) is 5.22. The van der Waals surface area contributed by atoms with E-state index >= 15 is 0 Å². The number of hydrogen-bond donors (Lipinski definition) is 1. The lowest BCUT2D eigenvalue weighted by molar-refractivity contribution is 0.101. The summed E-state index contributed by atoms with van der Waals surface area (Å²) in [6, 6.07) is 42.9. The van der Waals surface area contributed by atoms with E-state index in [0.29, 0.717) is 28.3 Å². The third-order valence-corrected chi connectivity index (χ3v) is 9.74.